The lowest BCUT2D eigenvalue weighted by Gasteiger charge is -2.11. The largest absolute Gasteiger partial charge is 0.493 e. The van der Waals surface area contributed by atoms with Crippen molar-refractivity contribution < 1.29 is 9.47 Å². The van der Waals surface area contributed by atoms with Crippen LogP contribution in [-0.4, -0.2) is 13.2 Å². The number of rotatable bonds is 32. The smallest absolute Gasteiger partial charge is 0.123 e. The number of benzene rings is 1. The van der Waals surface area contributed by atoms with Crippen LogP contribution in [0.15, 0.2) is 18.2 Å². The molecular weight excluding hydrogens is 500 g/mol. The molecule has 0 fully saturated rings. The highest BCUT2D eigenvalue weighted by molar-refractivity contribution is 5.39. The molecule has 0 unspecified atom stereocenters. The molecule has 0 saturated carbocycles. The van der Waals surface area contributed by atoms with Crippen molar-refractivity contribution in [1.82, 2.24) is 0 Å². The van der Waals surface area contributed by atoms with Gasteiger partial charge in [0.2, 0.25) is 0 Å². The van der Waals surface area contributed by atoms with Crippen molar-refractivity contribution in [2.24, 2.45) is 0 Å². The lowest BCUT2D eigenvalue weighted by atomic mass is 10.0. The summed E-state index contributed by atoms with van der Waals surface area (Å²) in [6.07, 6.45) is 38.7. The fraction of sp³-hybridized carbons (Fsp3) is 0.821. The molecule has 0 atom stereocenters. The summed E-state index contributed by atoms with van der Waals surface area (Å²) in [5.41, 5.74) is 0.972. The number of unbranched alkanes of at least 4 members (excludes halogenated alkanes) is 26. The molecule has 0 spiro atoms. The first-order chi connectivity index (χ1) is 20.3. The average molecular weight is 572 g/mol. The van der Waals surface area contributed by atoms with E-state index < -0.39 is 0 Å². The molecule has 2 heteroatoms. The molecular formula is C39H71O2. The maximum atomic E-state index is 6.04. The summed E-state index contributed by atoms with van der Waals surface area (Å²) in [6, 6.07) is 6.11. The second-order valence-electron chi connectivity index (χ2n) is 12.7. The van der Waals surface area contributed by atoms with Crippen LogP contribution in [0.3, 0.4) is 0 Å². The SMILES string of the molecule is [CH2]c1cc(OCCCCCCCCCCCCCCCC)cc(OCCCCCCCCCCCCCCCC)c1. The molecule has 0 bridgehead atoms. The maximum Gasteiger partial charge on any atom is 0.123 e. The van der Waals surface area contributed by atoms with E-state index in [9.17, 15) is 0 Å². The van der Waals surface area contributed by atoms with E-state index in [4.69, 9.17) is 9.47 Å². The van der Waals surface area contributed by atoms with Crippen molar-refractivity contribution >= 4 is 0 Å². The quantitative estimate of drug-likeness (QED) is 0.0801. The summed E-state index contributed by atoms with van der Waals surface area (Å²) in [5.74, 6) is 1.81. The summed E-state index contributed by atoms with van der Waals surface area (Å²) in [6.45, 7) is 10.3. The third-order valence-corrected chi connectivity index (χ3v) is 8.47. The van der Waals surface area contributed by atoms with Gasteiger partial charge in [-0.05, 0) is 37.5 Å². The Balaban J connectivity index is 1.93. The Morgan fingerprint density at radius 3 is 0.878 bits per heavy atom. The van der Waals surface area contributed by atoms with Gasteiger partial charge in [-0.2, -0.15) is 0 Å². The van der Waals surface area contributed by atoms with E-state index >= 15 is 0 Å². The Hall–Kier alpha value is -1.18. The Labute approximate surface area is 258 Å². The van der Waals surface area contributed by atoms with Gasteiger partial charge in [-0.15, -0.1) is 0 Å². The first-order valence-electron chi connectivity index (χ1n) is 18.5. The van der Waals surface area contributed by atoms with Crippen molar-refractivity contribution in [1.29, 1.82) is 0 Å². The van der Waals surface area contributed by atoms with Gasteiger partial charge < -0.3 is 9.47 Å². The topological polar surface area (TPSA) is 18.5 Å². The van der Waals surface area contributed by atoms with Gasteiger partial charge in [-0.1, -0.05) is 181 Å². The first kappa shape index (κ1) is 37.8. The summed E-state index contributed by atoms with van der Waals surface area (Å²) in [5, 5.41) is 0. The van der Waals surface area contributed by atoms with Crippen LogP contribution in [0.5, 0.6) is 11.5 Å². The van der Waals surface area contributed by atoms with Gasteiger partial charge in [0.05, 0.1) is 13.2 Å². The van der Waals surface area contributed by atoms with Crippen LogP contribution < -0.4 is 9.47 Å². The standard InChI is InChI=1S/C39H71O2/c1-4-6-8-10-12-14-16-18-20-22-24-26-28-30-32-40-38-34-37(3)35-39(36-38)41-33-31-29-27-25-23-21-19-17-15-13-11-9-7-5-2/h34-36H,3-33H2,1-2H3. The zero-order chi connectivity index (χ0) is 29.5. The van der Waals surface area contributed by atoms with Crippen molar-refractivity contribution in [2.75, 3.05) is 13.2 Å². The molecule has 41 heavy (non-hydrogen) atoms. The van der Waals surface area contributed by atoms with Crippen LogP contribution >= 0.6 is 0 Å². The third-order valence-electron chi connectivity index (χ3n) is 8.47. The summed E-state index contributed by atoms with van der Waals surface area (Å²) < 4.78 is 12.1. The number of ether oxygens (including phenoxy) is 2. The van der Waals surface area contributed by atoms with E-state index in [1.54, 1.807) is 0 Å². The molecule has 239 valence electrons. The lowest BCUT2D eigenvalue weighted by molar-refractivity contribution is 0.289. The molecule has 0 aromatic heterocycles. The van der Waals surface area contributed by atoms with Crippen molar-refractivity contribution in [2.45, 2.75) is 194 Å². The van der Waals surface area contributed by atoms with E-state index in [1.165, 1.54) is 167 Å². The van der Waals surface area contributed by atoms with Gasteiger partial charge in [0, 0.05) is 6.07 Å². The average Bonchev–Trinajstić information content (AvgIpc) is 2.97. The van der Waals surface area contributed by atoms with E-state index in [-0.39, 0.29) is 0 Å². The number of hydrogen-bond donors (Lipinski definition) is 0. The van der Waals surface area contributed by atoms with E-state index in [0.29, 0.717) is 0 Å². The molecule has 2 nitrogen and oxygen atoms in total. The molecule has 1 rings (SSSR count). The second kappa shape index (κ2) is 30.3. The lowest BCUT2D eigenvalue weighted by Crippen LogP contribution is -2.00. The van der Waals surface area contributed by atoms with Gasteiger partial charge in [0.15, 0.2) is 0 Å². The zero-order valence-corrected chi connectivity index (χ0v) is 28.0. The van der Waals surface area contributed by atoms with Gasteiger partial charge in [0.25, 0.3) is 0 Å². The predicted octanol–water partition coefficient (Wildman–Crippen LogP) is 13.6. The highest BCUT2D eigenvalue weighted by atomic mass is 16.5. The normalized spacial score (nSPS) is 11.3. The maximum absolute atomic E-state index is 6.04. The summed E-state index contributed by atoms with van der Waals surface area (Å²) in [7, 11) is 0. The van der Waals surface area contributed by atoms with Crippen LogP contribution in [0.4, 0.5) is 0 Å². The number of hydrogen-bond acceptors (Lipinski definition) is 2. The summed E-state index contributed by atoms with van der Waals surface area (Å²) >= 11 is 0. The van der Waals surface area contributed by atoms with Gasteiger partial charge in [-0.25, -0.2) is 0 Å². The Bertz CT molecular complexity index is 603. The minimum atomic E-state index is 0.792. The molecule has 1 aromatic rings. The van der Waals surface area contributed by atoms with E-state index in [0.717, 1.165) is 43.1 Å². The molecule has 0 N–H and O–H groups in total. The van der Waals surface area contributed by atoms with Crippen molar-refractivity contribution in [3.63, 3.8) is 0 Å². The predicted molar refractivity (Wildman–Crippen MR) is 183 cm³/mol. The molecule has 1 aromatic carbocycles. The fourth-order valence-electron chi connectivity index (χ4n) is 5.77. The van der Waals surface area contributed by atoms with Gasteiger partial charge >= 0.3 is 0 Å². The molecule has 0 heterocycles. The minimum absolute atomic E-state index is 0.792. The molecule has 0 amide bonds. The first-order valence-corrected chi connectivity index (χ1v) is 18.5. The highest BCUT2D eigenvalue weighted by Gasteiger charge is 2.02. The molecule has 0 aliphatic rings. The van der Waals surface area contributed by atoms with Crippen LogP contribution in [0.1, 0.15) is 199 Å². The second-order valence-corrected chi connectivity index (χ2v) is 12.7. The Kier molecular flexibility index (Phi) is 28.0. The Morgan fingerprint density at radius 1 is 0.366 bits per heavy atom. The minimum Gasteiger partial charge on any atom is -0.493 e. The van der Waals surface area contributed by atoms with Crippen LogP contribution in [0, 0.1) is 6.92 Å². The highest BCUT2D eigenvalue weighted by Crippen LogP contribution is 2.23. The molecule has 0 saturated heterocycles. The monoisotopic (exact) mass is 572 g/mol. The molecule has 0 aliphatic heterocycles. The van der Waals surface area contributed by atoms with Gasteiger partial charge in [-0.3, -0.25) is 0 Å². The van der Waals surface area contributed by atoms with Gasteiger partial charge in [0.1, 0.15) is 11.5 Å². The fourth-order valence-corrected chi connectivity index (χ4v) is 5.77. The van der Waals surface area contributed by atoms with E-state index in [1.807, 2.05) is 18.2 Å². The third kappa shape index (κ3) is 26.2. The Morgan fingerprint density at radius 2 is 0.610 bits per heavy atom. The van der Waals surface area contributed by atoms with Crippen LogP contribution in [-0.2, 0) is 0 Å². The molecule has 0 aliphatic carbocycles. The zero-order valence-electron chi connectivity index (χ0n) is 28.0. The molecule has 1 radical (unpaired) electrons. The van der Waals surface area contributed by atoms with Crippen molar-refractivity contribution in [3.05, 3.63) is 30.7 Å². The summed E-state index contributed by atoms with van der Waals surface area (Å²) in [4.78, 5) is 0. The van der Waals surface area contributed by atoms with Crippen LogP contribution in [0.2, 0.25) is 0 Å². The van der Waals surface area contributed by atoms with Crippen LogP contribution in [0.25, 0.3) is 0 Å². The van der Waals surface area contributed by atoms with E-state index in [2.05, 4.69) is 20.8 Å². The van der Waals surface area contributed by atoms with Crippen molar-refractivity contribution in [3.8, 4) is 11.5 Å².